The van der Waals surface area contributed by atoms with Gasteiger partial charge in [0.15, 0.2) is 6.10 Å². The van der Waals surface area contributed by atoms with E-state index in [1.54, 1.807) is 0 Å². The van der Waals surface area contributed by atoms with Crippen LogP contribution in [0.15, 0.2) is 0 Å². The van der Waals surface area contributed by atoms with Crippen LogP contribution >= 0.6 is 7.82 Å². The van der Waals surface area contributed by atoms with Crippen LogP contribution in [0, 0.1) is 0 Å². The molecule has 0 aliphatic rings. The van der Waals surface area contributed by atoms with Gasteiger partial charge in [0.05, 0.1) is 13.2 Å². The standard InChI is InChI=1S/C44H88NO8P/c1-5-7-9-11-13-15-17-19-20-21-22-23-24-25-27-29-31-33-35-37-44(47)53-42(41-52-54(48,49)51-39-38-45(3)4)40-50-43(46)36-34-32-30-28-26-18-16-14-12-10-8-6-2/h42H,5-41H2,1-4H3,(H,48,49). The molecule has 54 heavy (non-hydrogen) atoms. The second-order valence-electron chi connectivity index (χ2n) is 15.9. The van der Waals surface area contributed by atoms with Gasteiger partial charge in [0.2, 0.25) is 0 Å². The molecule has 1 N–H and O–H groups in total. The predicted octanol–water partition coefficient (Wildman–Crippen LogP) is 13.0. The zero-order chi connectivity index (χ0) is 39.8. The lowest BCUT2D eigenvalue weighted by molar-refractivity contribution is -0.161. The van der Waals surface area contributed by atoms with Crippen LogP contribution in [0.5, 0.6) is 0 Å². The summed E-state index contributed by atoms with van der Waals surface area (Å²) in [6.45, 7) is 4.36. The topological polar surface area (TPSA) is 112 Å². The molecule has 0 heterocycles. The Bertz CT molecular complexity index is 874. The third kappa shape index (κ3) is 40.7. The van der Waals surface area contributed by atoms with E-state index in [0.29, 0.717) is 13.0 Å². The molecule has 0 amide bonds. The Morgan fingerprint density at radius 3 is 1.19 bits per heavy atom. The Kier molecular flexibility index (Phi) is 39.5. The normalized spacial score (nSPS) is 13.3. The second-order valence-corrected chi connectivity index (χ2v) is 17.4. The van der Waals surface area contributed by atoms with Gasteiger partial charge in [-0.1, -0.05) is 200 Å². The molecule has 0 bridgehead atoms. The summed E-state index contributed by atoms with van der Waals surface area (Å²) in [4.78, 5) is 37.0. The Morgan fingerprint density at radius 1 is 0.500 bits per heavy atom. The van der Waals surface area contributed by atoms with Crippen molar-refractivity contribution in [2.24, 2.45) is 0 Å². The van der Waals surface area contributed by atoms with Crippen molar-refractivity contribution in [1.82, 2.24) is 4.90 Å². The zero-order valence-electron chi connectivity index (χ0n) is 35.9. The third-order valence-corrected chi connectivity index (χ3v) is 11.1. The lowest BCUT2D eigenvalue weighted by atomic mass is 10.0. The summed E-state index contributed by atoms with van der Waals surface area (Å²) in [5.74, 6) is -0.787. The molecule has 0 radical (unpaired) electrons. The van der Waals surface area contributed by atoms with Crippen LogP contribution in [0.2, 0.25) is 0 Å². The first-order valence-electron chi connectivity index (χ1n) is 22.8. The average Bonchev–Trinajstić information content (AvgIpc) is 3.13. The molecule has 322 valence electrons. The summed E-state index contributed by atoms with van der Waals surface area (Å²) in [5, 5.41) is 0. The van der Waals surface area contributed by atoms with E-state index < -0.39 is 26.5 Å². The van der Waals surface area contributed by atoms with Gasteiger partial charge in [0.1, 0.15) is 6.61 Å². The van der Waals surface area contributed by atoms with Crippen LogP contribution in [-0.2, 0) is 32.7 Å². The molecular weight excluding hydrogens is 701 g/mol. The average molecular weight is 790 g/mol. The number of carbonyl (C=O) groups excluding carboxylic acids is 2. The number of carbonyl (C=O) groups is 2. The van der Waals surface area contributed by atoms with Gasteiger partial charge in [-0.05, 0) is 26.9 Å². The van der Waals surface area contributed by atoms with Crippen LogP contribution in [0.25, 0.3) is 0 Å². The molecule has 0 saturated heterocycles. The number of nitrogens with zero attached hydrogens (tertiary/aromatic N) is 1. The number of unbranched alkanes of at least 4 members (excludes halogenated alkanes) is 29. The van der Waals surface area contributed by atoms with Gasteiger partial charge in [-0.15, -0.1) is 0 Å². The smallest absolute Gasteiger partial charge is 0.462 e. The number of hydrogen-bond acceptors (Lipinski definition) is 8. The van der Waals surface area contributed by atoms with Crippen molar-refractivity contribution in [3.8, 4) is 0 Å². The minimum Gasteiger partial charge on any atom is -0.462 e. The molecule has 0 saturated carbocycles. The molecule has 2 atom stereocenters. The van der Waals surface area contributed by atoms with E-state index in [1.165, 1.54) is 161 Å². The van der Waals surface area contributed by atoms with Crippen LogP contribution in [0.4, 0.5) is 0 Å². The van der Waals surface area contributed by atoms with Crippen LogP contribution in [0.3, 0.4) is 0 Å². The number of esters is 2. The van der Waals surface area contributed by atoms with Gasteiger partial charge in [0, 0.05) is 19.4 Å². The van der Waals surface area contributed by atoms with E-state index in [4.69, 9.17) is 18.5 Å². The van der Waals surface area contributed by atoms with Crippen molar-refractivity contribution in [1.29, 1.82) is 0 Å². The van der Waals surface area contributed by atoms with E-state index in [1.807, 2.05) is 19.0 Å². The summed E-state index contributed by atoms with van der Waals surface area (Å²) in [6.07, 6.45) is 38.6. The number of hydrogen-bond donors (Lipinski definition) is 1. The number of phosphoric acid groups is 1. The highest BCUT2D eigenvalue weighted by atomic mass is 31.2. The minimum atomic E-state index is -4.35. The fourth-order valence-corrected chi connectivity index (χ4v) is 7.37. The van der Waals surface area contributed by atoms with Crippen LogP contribution < -0.4 is 0 Å². The van der Waals surface area contributed by atoms with E-state index in [0.717, 1.165) is 38.5 Å². The van der Waals surface area contributed by atoms with E-state index >= 15 is 0 Å². The molecule has 10 heteroatoms. The molecule has 0 aliphatic heterocycles. The zero-order valence-corrected chi connectivity index (χ0v) is 36.8. The van der Waals surface area contributed by atoms with Gasteiger partial charge in [-0.3, -0.25) is 18.6 Å². The van der Waals surface area contributed by atoms with Crippen molar-refractivity contribution >= 4 is 19.8 Å². The van der Waals surface area contributed by atoms with E-state index in [-0.39, 0.29) is 25.6 Å². The highest BCUT2D eigenvalue weighted by molar-refractivity contribution is 7.47. The Labute approximate surface area is 333 Å². The molecule has 0 aliphatic carbocycles. The molecule has 9 nitrogen and oxygen atoms in total. The number of ether oxygens (including phenoxy) is 2. The van der Waals surface area contributed by atoms with Gasteiger partial charge < -0.3 is 19.3 Å². The molecule has 0 aromatic carbocycles. The van der Waals surface area contributed by atoms with Gasteiger partial charge in [0.25, 0.3) is 0 Å². The highest BCUT2D eigenvalue weighted by Crippen LogP contribution is 2.43. The van der Waals surface area contributed by atoms with Crippen molar-refractivity contribution in [2.45, 2.75) is 232 Å². The Balaban J connectivity index is 4.18. The Hall–Kier alpha value is -0.990. The van der Waals surface area contributed by atoms with Crippen molar-refractivity contribution in [2.75, 3.05) is 40.5 Å². The van der Waals surface area contributed by atoms with Crippen LogP contribution in [0.1, 0.15) is 226 Å². The summed E-state index contributed by atoms with van der Waals surface area (Å²) in [6, 6.07) is 0. The van der Waals surface area contributed by atoms with E-state index in [9.17, 15) is 19.0 Å². The van der Waals surface area contributed by atoms with Crippen LogP contribution in [-0.4, -0.2) is 68.3 Å². The molecule has 0 aromatic rings. The van der Waals surface area contributed by atoms with Crippen molar-refractivity contribution in [3.05, 3.63) is 0 Å². The summed E-state index contributed by atoms with van der Waals surface area (Å²) < 4.78 is 33.5. The number of rotatable bonds is 43. The monoisotopic (exact) mass is 790 g/mol. The van der Waals surface area contributed by atoms with E-state index in [2.05, 4.69) is 13.8 Å². The number of phosphoric ester groups is 1. The lowest BCUT2D eigenvalue weighted by Gasteiger charge is -2.20. The molecular formula is C44H88NO8P. The van der Waals surface area contributed by atoms with Gasteiger partial charge in [-0.2, -0.15) is 0 Å². The molecule has 2 unspecified atom stereocenters. The van der Waals surface area contributed by atoms with Gasteiger partial charge in [-0.25, -0.2) is 4.57 Å². The Morgan fingerprint density at radius 2 is 0.833 bits per heavy atom. The largest absolute Gasteiger partial charge is 0.472 e. The first-order chi connectivity index (χ1) is 26.2. The maximum absolute atomic E-state index is 12.7. The fourth-order valence-electron chi connectivity index (χ4n) is 6.63. The fraction of sp³-hybridized carbons (Fsp3) is 0.955. The first kappa shape index (κ1) is 53.0. The molecule has 0 spiro atoms. The van der Waals surface area contributed by atoms with Crippen molar-refractivity contribution < 1.29 is 37.6 Å². The number of likely N-dealkylation sites (N-methyl/N-ethyl adjacent to an activating group) is 1. The van der Waals surface area contributed by atoms with Gasteiger partial charge >= 0.3 is 19.8 Å². The predicted molar refractivity (Wildman–Crippen MR) is 225 cm³/mol. The third-order valence-electron chi connectivity index (χ3n) is 10.2. The maximum Gasteiger partial charge on any atom is 0.472 e. The quantitative estimate of drug-likeness (QED) is 0.0366. The van der Waals surface area contributed by atoms with Crippen molar-refractivity contribution in [3.63, 3.8) is 0 Å². The highest BCUT2D eigenvalue weighted by Gasteiger charge is 2.26. The first-order valence-corrected chi connectivity index (χ1v) is 24.3. The molecule has 0 fully saturated rings. The summed E-state index contributed by atoms with van der Waals surface area (Å²) >= 11 is 0. The summed E-state index contributed by atoms with van der Waals surface area (Å²) in [5.41, 5.74) is 0. The lowest BCUT2D eigenvalue weighted by Crippen LogP contribution is -2.29. The summed E-state index contributed by atoms with van der Waals surface area (Å²) in [7, 11) is -0.696. The SMILES string of the molecule is CCCCCCCCCCCCCCCCCCCCCC(=O)OC(COC(=O)CCCCCCCCCCCCCC)COP(=O)(O)OCCN(C)C. The molecule has 0 aromatic heterocycles. The molecule has 0 rings (SSSR count). The second kappa shape index (κ2) is 40.2. The minimum absolute atomic E-state index is 0.0126. The maximum atomic E-state index is 12.7.